The highest BCUT2D eigenvalue weighted by molar-refractivity contribution is 5.74. The number of carbonyl (C=O) groups excluding carboxylic acids is 1. The molecule has 2 aliphatic heterocycles. The molecule has 2 aliphatic rings. The molecule has 1 aromatic rings. The molecule has 3 rings (SSSR count). The largest absolute Gasteiger partial charge is 0.486 e. The van der Waals surface area contributed by atoms with Crippen molar-refractivity contribution in [2.75, 3.05) is 52.5 Å². The molecule has 0 saturated carbocycles. The molecular formula is C24H39N3O3. The fourth-order valence-corrected chi connectivity index (χ4v) is 4.64. The van der Waals surface area contributed by atoms with Crippen molar-refractivity contribution in [3.63, 3.8) is 0 Å². The van der Waals surface area contributed by atoms with E-state index in [-0.39, 0.29) is 6.03 Å². The summed E-state index contributed by atoms with van der Waals surface area (Å²) >= 11 is 0. The molecule has 1 unspecified atom stereocenters. The van der Waals surface area contributed by atoms with Crippen LogP contribution in [0.2, 0.25) is 0 Å². The monoisotopic (exact) mass is 417 g/mol. The number of likely N-dealkylation sites (N-methyl/N-ethyl adjacent to an activating group) is 1. The number of amides is 2. The molecule has 0 aromatic heterocycles. The first kappa shape index (κ1) is 22.7. The molecule has 0 spiro atoms. The Kier molecular flexibility index (Phi) is 8.25. The van der Waals surface area contributed by atoms with Gasteiger partial charge >= 0.3 is 6.03 Å². The Labute approximate surface area is 182 Å². The summed E-state index contributed by atoms with van der Waals surface area (Å²) in [5.74, 6) is 2.39. The second kappa shape index (κ2) is 10.9. The molecule has 6 nitrogen and oxygen atoms in total. The van der Waals surface area contributed by atoms with Crippen LogP contribution in [0.3, 0.4) is 0 Å². The van der Waals surface area contributed by atoms with Crippen LogP contribution in [-0.2, 0) is 6.42 Å². The van der Waals surface area contributed by atoms with Crippen LogP contribution in [0.4, 0.5) is 4.79 Å². The highest BCUT2D eigenvalue weighted by atomic mass is 16.6. The number of carbonyl (C=O) groups is 1. The third-order valence-electron chi connectivity index (χ3n) is 6.58. The minimum absolute atomic E-state index is 0.206. The smallest absolute Gasteiger partial charge is 0.319 e. The Bertz CT molecular complexity index is 684. The van der Waals surface area contributed by atoms with E-state index in [9.17, 15) is 4.79 Å². The average molecular weight is 418 g/mol. The van der Waals surface area contributed by atoms with Crippen molar-refractivity contribution in [1.29, 1.82) is 0 Å². The van der Waals surface area contributed by atoms with Crippen LogP contribution in [0.15, 0.2) is 18.2 Å². The van der Waals surface area contributed by atoms with Gasteiger partial charge in [0, 0.05) is 38.8 Å². The first-order valence-electron chi connectivity index (χ1n) is 11.7. The maximum Gasteiger partial charge on any atom is 0.319 e. The standard InChI is InChI=1S/C24H39N3O3/c1-5-25(6-2)24(28)27-12-10-20(11-13-27)18-26(7-3)19(4)16-21-8-9-22-23(17-21)30-15-14-29-22/h8-9,17,19-20H,5-7,10-16,18H2,1-4H3. The summed E-state index contributed by atoms with van der Waals surface area (Å²) in [6, 6.07) is 7.01. The Morgan fingerprint density at radius 2 is 1.73 bits per heavy atom. The molecule has 0 bridgehead atoms. The summed E-state index contributed by atoms with van der Waals surface area (Å²) in [5.41, 5.74) is 1.30. The molecule has 1 fully saturated rings. The highest BCUT2D eigenvalue weighted by Crippen LogP contribution is 2.31. The van der Waals surface area contributed by atoms with Gasteiger partial charge in [-0.05, 0) is 70.2 Å². The van der Waals surface area contributed by atoms with Gasteiger partial charge in [0.05, 0.1) is 0 Å². The van der Waals surface area contributed by atoms with Crippen LogP contribution in [0.25, 0.3) is 0 Å². The van der Waals surface area contributed by atoms with Crippen molar-refractivity contribution in [3.8, 4) is 11.5 Å². The van der Waals surface area contributed by atoms with Crippen molar-refractivity contribution < 1.29 is 14.3 Å². The third kappa shape index (κ3) is 5.60. The van der Waals surface area contributed by atoms with E-state index in [0.717, 1.165) is 70.0 Å². The second-order valence-electron chi connectivity index (χ2n) is 8.50. The van der Waals surface area contributed by atoms with Crippen molar-refractivity contribution >= 4 is 6.03 Å². The quantitative estimate of drug-likeness (QED) is 0.644. The van der Waals surface area contributed by atoms with Crippen molar-refractivity contribution in [2.45, 2.75) is 53.0 Å². The van der Waals surface area contributed by atoms with E-state index in [1.165, 1.54) is 5.56 Å². The van der Waals surface area contributed by atoms with Gasteiger partial charge < -0.3 is 24.2 Å². The summed E-state index contributed by atoms with van der Waals surface area (Å²) in [5, 5.41) is 0. The molecule has 0 aliphatic carbocycles. The summed E-state index contributed by atoms with van der Waals surface area (Å²) < 4.78 is 11.4. The number of piperidine rings is 1. The Morgan fingerprint density at radius 3 is 2.37 bits per heavy atom. The fourth-order valence-electron chi connectivity index (χ4n) is 4.64. The molecule has 30 heavy (non-hydrogen) atoms. The summed E-state index contributed by atoms with van der Waals surface area (Å²) in [7, 11) is 0. The van der Waals surface area contributed by atoms with Crippen LogP contribution in [0.5, 0.6) is 11.5 Å². The normalized spacial score (nSPS) is 17.8. The number of benzene rings is 1. The number of hydrogen-bond acceptors (Lipinski definition) is 4. The number of ether oxygens (including phenoxy) is 2. The van der Waals surface area contributed by atoms with Crippen molar-refractivity contribution in [1.82, 2.24) is 14.7 Å². The van der Waals surface area contributed by atoms with E-state index < -0.39 is 0 Å². The molecule has 168 valence electrons. The minimum Gasteiger partial charge on any atom is -0.486 e. The predicted molar refractivity (Wildman–Crippen MR) is 120 cm³/mol. The van der Waals surface area contributed by atoms with Gasteiger partial charge in [0.25, 0.3) is 0 Å². The van der Waals surface area contributed by atoms with E-state index in [0.29, 0.717) is 25.2 Å². The summed E-state index contributed by atoms with van der Waals surface area (Å²) in [4.78, 5) is 19.1. The molecule has 2 amide bonds. The maximum atomic E-state index is 12.6. The van der Waals surface area contributed by atoms with E-state index in [4.69, 9.17) is 9.47 Å². The van der Waals surface area contributed by atoms with Gasteiger partial charge in [-0.1, -0.05) is 13.0 Å². The Morgan fingerprint density at radius 1 is 1.07 bits per heavy atom. The van der Waals surface area contributed by atoms with E-state index in [2.05, 4.69) is 44.7 Å². The van der Waals surface area contributed by atoms with Crippen LogP contribution in [0.1, 0.15) is 46.1 Å². The van der Waals surface area contributed by atoms with Crippen LogP contribution in [-0.4, -0.2) is 79.3 Å². The zero-order valence-electron chi connectivity index (χ0n) is 19.2. The topological polar surface area (TPSA) is 45.3 Å². The lowest BCUT2D eigenvalue weighted by Crippen LogP contribution is -2.48. The number of hydrogen-bond donors (Lipinski definition) is 0. The van der Waals surface area contributed by atoms with Crippen molar-refractivity contribution in [2.24, 2.45) is 5.92 Å². The predicted octanol–water partition coefficient (Wildman–Crippen LogP) is 3.88. The van der Waals surface area contributed by atoms with Gasteiger partial charge in [-0.3, -0.25) is 0 Å². The lowest BCUT2D eigenvalue weighted by atomic mass is 9.95. The lowest BCUT2D eigenvalue weighted by Gasteiger charge is -2.38. The lowest BCUT2D eigenvalue weighted by molar-refractivity contribution is 0.114. The van der Waals surface area contributed by atoms with Gasteiger partial charge in [-0.25, -0.2) is 4.79 Å². The van der Waals surface area contributed by atoms with E-state index >= 15 is 0 Å². The number of nitrogens with zero attached hydrogens (tertiary/aromatic N) is 3. The third-order valence-corrected chi connectivity index (χ3v) is 6.58. The maximum absolute atomic E-state index is 12.6. The van der Waals surface area contributed by atoms with Gasteiger partial charge in [0.2, 0.25) is 0 Å². The molecule has 0 N–H and O–H groups in total. The fraction of sp³-hybridized carbons (Fsp3) is 0.708. The molecule has 2 heterocycles. The van der Waals surface area contributed by atoms with E-state index in [1.807, 2.05) is 15.9 Å². The number of rotatable bonds is 8. The van der Waals surface area contributed by atoms with Crippen molar-refractivity contribution in [3.05, 3.63) is 23.8 Å². The van der Waals surface area contributed by atoms with E-state index in [1.54, 1.807) is 0 Å². The zero-order chi connectivity index (χ0) is 21.5. The number of fused-ring (bicyclic) bond motifs is 1. The minimum atomic E-state index is 0.206. The van der Waals surface area contributed by atoms with Gasteiger partial charge in [0.15, 0.2) is 11.5 Å². The second-order valence-corrected chi connectivity index (χ2v) is 8.50. The zero-order valence-corrected chi connectivity index (χ0v) is 19.2. The molecular weight excluding hydrogens is 378 g/mol. The number of urea groups is 1. The molecule has 0 radical (unpaired) electrons. The Balaban J connectivity index is 1.50. The van der Waals surface area contributed by atoms with Crippen LogP contribution >= 0.6 is 0 Å². The van der Waals surface area contributed by atoms with Gasteiger partial charge in [-0.15, -0.1) is 0 Å². The molecule has 1 saturated heterocycles. The first-order chi connectivity index (χ1) is 14.5. The average Bonchev–Trinajstić information content (AvgIpc) is 2.78. The summed E-state index contributed by atoms with van der Waals surface area (Å²) in [6.45, 7) is 15.4. The molecule has 1 aromatic carbocycles. The van der Waals surface area contributed by atoms with Gasteiger partial charge in [0.1, 0.15) is 13.2 Å². The van der Waals surface area contributed by atoms with Crippen LogP contribution in [0, 0.1) is 5.92 Å². The van der Waals surface area contributed by atoms with Gasteiger partial charge in [-0.2, -0.15) is 0 Å². The highest BCUT2D eigenvalue weighted by Gasteiger charge is 2.27. The first-order valence-corrected chi connectivity index (χ1v) is 11.7. The number of likely N-dealkylation sites (tertiary alicyclic amines) is 1. The SMILES string of the molecule is CCN(CC)C(=O)N1CCC(CN(CC)C(C)Cc2ccc3c(c2)OCCO3)CC1. The van der Waals surface area contributed by atoms with Crippen LogP contribution < -0.4 is 9.47 Å². The summed E-state index contributed by atoms with van der Waals surface area (Å²) in [6.07, 6.45) is 3.20. The Hall–Kier alpha value is -1.95. The molecule has 6 heteroatoms. The molecule has 1 atom stereocenters.